The van der Waals surface area contributed by atoms with Crippen LogP contribution >= 0.6 is 0 Å². The van der Waals surface area contributed by atoms with Crippen molar-refractivity contribution in [1.29, 1.82) is 5.26 Å². The van der Waals surface area contributed by atoms with Gasteiger partial charge in [-0.1, -0.05) is 6.07 Å². The number of anilines is 3. The molecule has 5 aliphatic rings. The van der Waals surface area contributed by atoms with Crippen LogP contribution in [0, 0.1) is 23.3 Å². The summed E-state index contributed by atoms with van der Waals surface area (Å²) in [6.45, 7) is 6.44. The van der Waals surface area contributed by atoms with Crippen molar-refractivity contribution >= 4 is 34.1 Å². The highest BCUT2D eigenvalue weighted by molar-refractivity contribution is 7.85. The number of hydrogen-bond donors (Lipinski definition) is 2. The maximum atomic E-state index is 12.9. The fourth-order valence-corrected chi connectivity index (χ4v) is 8.03. The summed E-state index contributed by atoms with van der Waals surface area (Å²) < 4.78 is 12.9. The van der Waals surface area contributed by atoms with Crippen molar-refractivity contribution in [3.63, 3.8) is 0 Å². The lowest BCUT2D eigenvalue weighted by atomic mass is 9.76. The summed E-state index contributed by atoms with van der Waals surface area (Å²) in [6.07, 6.45) is 8.18. The van der Waals surface area contributed by atoms with Crippen molar-refractivity contribution in [3.8, 4) is 6.19 Å². The summed E-state index contributed by atoms with van der Waals surface area (Å²) >= 11 is 0. The molecule has 38 heavy (non-hydrogen) atoms. The molecule has 0 bridgehead atoms. The first kappa shape index (κ1) is 23.9. The number of benzene rings is 1. The number of aliphatic imine (C=N–C) groups is 1. The molecule has 0 spiro atoms. The second-order valence-corrected chi connectivity index (χ2v) is 13.1. The van der Waals surface area contributed by atoms with Crippen LogP contribution in [-0.2, 0) is 30.1 Å². The van der Waals surface area contributed by atoms with Crippen molar-refractivity contribution < 1.29 is 4.21 Å². The predicted octanol–water partition coefficient (Wildman–Crippen LogP) is 2.64. The van der Waals surface area contributed by atoms with Crippen molar-refractivity contribution in [2.45, 2.75) is 55.9 Å². The van der Waals surface area contributed by atoms with Crippen molar-refractivity contribution in [2.24, 2.45) is 16.8 Å². The van der Waals surface area contributed by atoms with Gasteiger partial charge in [0.05, 0.1) is 28.6 Å². The third-order valence-corrected chi connectivity index (χ3v) is 10.7. The molecule has 0 amide bonds. The van der Waals surface area contributed by atoms with Crippen molar-refractivity contribution in [3.05, 3.63) is 35.0 Å². The van der Waals surface area contributed by atoms with Crippen LogP contribution in [0.1, 0.15) is 43.0 Å². The maximum Gasteiger partial charge on any atom is 0.227 e. The molecule has 0 radical (unpaired) electrons. The third kappa shape index (κ3) is 4.12. The number of nitrogens with zero attached hydrogens (tertiary/aromatic N) is 6. The van der Waals surface area contributed by atoms with Gasteiger partial charge in [-0.3, -0.25) is 14.5 Å². The summed E-state index contributed by atoms with van der Waals surface area (Å²) in [6, 6.07) is 7.02. The number of nitrogens with one attached hydrogen (secondary N) is 2. The lowest BCUT2D eigenvalue weighted by molar-refractivity contribution is 0.286. The van der Waals surface area contributed by atoms with Crippen LogP contribution < -0.4 is 20.4 Å². The van der Waals surface area contributed by atoms with Gasteiger partial charge in [0.2, 0.25) is 5.95 Å². The summed E-state index contributed by atoms with van der Waals surface area (Å²) in [5.41, 5.74) is 5.13. The molecule has 3 aliphatic heterocycles. The molecule has 1 aromatic carbocycles. The summed E-state index contributed by atoms with van der Waals surface area (Å²) in [5, 5.41) is 15.2. The van der Waals surface area contributed by atoms with E-state index in [0.717, 1.165) is 74.2 Å². The van der Waals surface area contributed by atoms with Crippen LogP contribution in [0.15, 0.2) is 28.1 Å². The molecule has 4 heterocycles. The number of hydrogen-bond acceptors (Lipinski definition) is 8. The van der Waals surface area contributed by atoms with Gasteiger partial charge in [-0.25, -0.2) is 4.98 Å². The Balaban J connectivity index is 1.10. The van der Waals surface area contributed by atoms with E-state index >= 15 is 0 Å². The Morgan fingerprint density at radius 1 is 1.13 bits per heavy atom. The van der Waals surface area contributed by atoms with Gasteiger partial charge in [-0.2, -0.15) is 10.2 Å². The molecular formula is C28H34N8OS. The Morgan fingerprint density at radius 2 is 1.89 bits per heavy atom. The lowest BCUT2D eigenvalue weighted by Gasteiger charge is -2.42. The molecule has 198 valence electrons. The lowest BCUT2D eigenvalue weighted by Crippen LogP contribution is -2.48. The number of fused-ring (bicyclic) bond motifs is 3. The number of aromatic nitrogens is 2. The molecule has 3 atom stereocenters. The fraction of sp³-hybridized carbons (Fsp3) is 0.571. The molecule has 2 N–H and O–H groups in total. The van der Waals surface area contributed by atoms with Gasteiger partial charge >= 0.3 is 0 Å². The highest BCUT2D eigenvalue weighted by atomic mass is 32.2. The average molecular weight is 531 g/mol. The van der Waals surface area contributed by atoms with Gasteiger partial charge in [0.1, 0.15) is 16.5 Å². The molecule has 3 unspecified atom stereocenters. The van der Waals surface area contributed by atoms with E-state index in [1.54, 1.807) is 6.92 Å². The van der Waals surface area contributed by atoms with Crippen LogP contribution in [0.3, 0.4) is 0 Å². The average Bonchev–Trinajstić information content (AvgIpc) is 3.55. The molecule has 2 aliphatic carbocycles. The van der Waals surface area contributed by atoms with E-state index in [-0.39, 0.29) is 5.54 Å². The second-order valence-electron chi connectivity index (χ2n) is 11.6. The van der Waals surface area contributed by atoms with Gasteiger partial charge in [0.15, 0.2) is 6.19 Å². The molecule has 3 fully saturated rings. The molecule has 7 rings (SSSR count). The smallest absolute Gasteiger partial charge is 0.227 e. The molecule has 10 heteroatoms. The van der Waals surface area contributed by atoms with E-state index in [2.05, 4.69) is 43.6 Å². The second kappa shape index (κ2) is 9.23. The minimum Gasteiger partial charge on any atom is -0.371 e. The number of amidine groups is 1. The van der Waals surface area contributed by atoms with Gasteiger partial charge in [-0.05, 0) is 62.3 Å². The Bertz CT molecular complexity index is 1370. The predicted molar refractivity (Wildman–Crippen MR) is 149 cm³/mol. The minimum atomic E-state index is -1.08. The van der Waals surface area contributed by atoms with Crippen LogP contribution in [-0.4, -0.2) is 64.0 Å². The first-order valence-electron chi connectivity index (χ1n) is 13.9. The van der Waals surface area contributed by atoms with Crippen molar-refractivity contribution in [2.75, 3.05) is 53.6 Å². The van der Waals surface area contributed by atoms with Crippen molar-refractivity contribution in [1.82, 2.24) is 15.3 Å². The molecule has 2 saturated heterocycles. The van der Waals surface area contributed by atoms with E-state index in [4.69, 9.17) is 15.2 Å². The molecule has 2 aromatic rings. The molecular weight excluding hydrogens is 496 g/mol. The SMILES string of the molecule is CC(=NCC1(Nc2nc(N3CC4CN(c5ccc6c(c5)CC6)CC4C3)nc3c2S(=O)CC3)CCC1)NC#N. The Hall–Kier alpha value is -3.19. The van der Waals surface area contributed by atoms with Crippen LogP contribution in [0.2, 0.25) is 0 Å². The Morgan fingerprint density at radius 3 is 2.55 bits per heavy atom. The summed E-state index contributed by atoms with van der Waals surface area (Å²) in [4.78, 5) is 20.3. The van der Waals surface area contributed by atoms with Gasteiger partial charge < -0.3 is 15.1 Å². The number of rotatable bonds is 6. The van der Waals surface area contributed by atoms with E-state index < -0.39 is 10.8 Å². The minimum absolute atomic E-state index is 0.219. The van der Waals surface area contributed by atoms with E-state index in [1.165, 1.54) is 29.7 Å². The first-order chi connectivity index (χ1) is 18.5. The van der Waals surface area contributed by atoms with E-state index in [0.29, 0.717) is 30.0 Å². The molecule has 1 saturated carbocycles. The number of nitriles is 1. The quantitative estimate of drug-likeness (QED) is 0.254. The highest BCUT2D eigenvalue weighted by Crippen LogP contribution is 2.41. The van der Waals surface area contributed by atoms with Crippen LogP contribution in [0.4, 0.5) is 17.5 Å². The fourth-order valence-electron chi connectivity index (χ4n) is 6.72. The highest BCUT2D eigenvalue weighted by Gasteiger charge is 2.43. The zero-order valence-electron chi connectivity index (χ0n) is 21.9. The van der Waals surface area contributed by atoms with Gasteiger partial charge in [-0.15, -0.1) is 0 Å². The van der Waals surface area contributed by atoms with Gasteiger partial charge in [0.25, 0.3) is 0 Å². The topological polar surface area (TPSA) is 110 Å². The third-order valence-electron chi connectivity index (χ3n) is 9.21. The first-order valence-corrected chi connectivity index (χ1v) is 15.2. The Kier molecular flexibility index (Phi) is 5.80. The molecule has 9 nitrogen and oxygen atoms in total. The van der Waals surface area contributed by atoms with Crippen LogP contribution in [0.25, 0.3) is 0 Å². The zero-order valence-corrected chi connectivity index (χ0v) is 22.7. The van der Waals surface area contributed by atoms with E-state index in [1.807, 2.05) is 6.19 Å². The number of aryl methyl sites for hydroxylation is 3. The monoisotopic (exact) mass is 530 g/mol. The normalized spacial score (nSPS) is 26.6. The van der Waals surface area contributed by atoms with E-state index in [9.17, 15) is 4.21 Å². The largest absolute Gasteiger partial charge is 0.371 e. The Labute approximate surface area is 226 Å². The summed E-state index contributed by atoms with van der Waals surface area (Å²) in [5.74, 6) is 3.92. The zero-order chi connectivity index (χ0) is 25.9. The molecule has 1 aromatic heterocycles. The standard InChI is InChI=1S/C28H34N8OS/c1-18(31-17-29)30-16-28(8-2-9-28)34-26-25-24(7-10-38(25)37)32-27(33-26)36-14-21-12-35(13-22(21)15-36)23-6-5-19-3-4-20(19)11-23/h5-6,11,21-22H,2-4,7-10,12-16H2,1H3,(H,30,31)(H,32,33,34). The van der Waals surface area contributed by atoms with Gasteiger partial charge in [0, 0.05) is 55.9 Å². The maximum absolute atomic E-state index is 12.9. The summed E-state index contributed by atoms with van der Waals surface area (Å²) in [7, 11) is -1.08. The van der Waals surface area contributed by atoms with Crippen LogP contribution in [0.5, 0.6) is 0 Å².